The van der Waals surface area contributed by atoms with Crippen LogP contribution in [0.1, 0.15) is 120 Å². The van der Waals surface area contributed by atoms with E-state index in [-0.39, 0.29) is 22.3 Å². The fourth-order valence-corrected chi connectivity index (χ4v) is 12.3. The summed E-state index contributed by atoms with van der Waals surface area (Å²) in [5.41, 5.74) is 0.819. The molecule has 0 saturated heterocycles. The van der Waals surface area contributed by atoms with Crippen molar-refractivity contribution in [3.63, 3.8) is 0 Å². The van der Waals surface area contributed by atoms with Gasteiger partial charge in [0.25, 0.3) is 0 Å². The highest BCUT2D eigenvalue weighted by atomic mass is 16.3. The summed E-state index contributed by atoms with van der Waals surface area (Å²) >= 11 is 0. The molecule has 2 heteroatoms. The van der Waals surface area contributed by atoms with Gasteiger partial charge in [-0.15, -0.1) is 0 Å². The molecule has 2 nitrogen and oxygen atoms in total. The molecule has 5 saturated carbocycles. The highest BCUT2D eigenvalue weighted by Crippen LogP contribution is 2.78. The minimum atomic E-state index is -0.563. The molecule has 5 fully saturated rings. The first-order valence-corrected chi connectivity index (χ1v) is 14.0. The minimum Gasteiger partial charge on any atom is -0.393 e. The molecule has 5 rings (SSSR count). The van der Waals surface area contributed by atoms with Crippen LogP contribution in [0.25, 0.3) is 0 Å². The Kier molecular flexibility index (Phi) is 5.01. The Balaban J connectivity index is 1.54. The number of hydrogen-bond donors (Lipinski definition) is 2. The zero-order valence-corrected chi connectivity index (χ0v) is 22.4. The van der Waals surface area contributed by atoms with Crippen LogP contribution in [-0.4, -0.2) is 21.9 Å². The Labute approximate surface area is 198 Å². The summed E-state index contributed by atoms with van der Waals surface area (Å²) in [4.78, 5) is 0. The summed E-state index contributed by atoms with van der Waals surface area (Å²) in [5.74, 6) is 3.01. The van der Waals surface area contributed by atoms with Crippen molar-refractivity contribution in [3.8, 4) is 0 Å². The van der Waals surface area contributed by atoms with Gasteiger partial charge in [0.15, 0.2) is 0 Å². The van der Waals surface area contributed by atoms with Gasteiger partial charge in [0.05, 0.1) is 11.7 Å². The van der Waals surface area contributed by atoms with Crippen molar-refractivity contribution in [1.29, 1.82) is 0 Å². The molecule has 0 unspecified atom stereocenters. The molecule has 0 aromatic rings. The number of aliphatic hydroxyl groups excluding tert-OH is 1. The zero-order chi connectivity index (χ0) is 23.5. The topological polar surface area (TPSA) is 40.5 Å². The zero-order valence-electron chi connectivity index (χ0n) is 22.4. The van der Waals surface area contributed by atoms with Gasteiger partial charge in [-0.1, -0.05) is 48.0 Å². The summed E-state index contributed by atoms with van der Waals surface area (Å²) in [6, 6.07) is 0. The molecule has 32 heavy (non-hydrogen) atoms. The lowest BCUT2D eigenvalue weighted by Gasteiger charge is -2.73. The monoisotopic (exact) mass is 444 g/mol. The van der Waals surface area contributed by atoms with Crippen LogP contribution >= 0.6 is 0 Å². The van der Waals surface area contributed by atoms with Gasteiger partial charge in [-0.2, -0.15) is 0 Å². The van der Waals surface area contributed by atoms with E-state index in [0.717, 1.165) is 18.3 Å². The average Bonchev–Trinajstić information content (AvgIpc) is 2.98. The smallest absolute Gasteiger partial charge is 0.0622 e. The number of rotatable bonds is 1. The van der Waals surface area contributed by atoms with Crippen LogP contribution in [0.3, 0.4) is 0 Å². The van der Waals surface area contributed by atoms with Crippen LogP contribution in [0.4, 0.5) is 0 Å². The van der Waals surface area contributed by atoms with Crippen molar-refractivity contribution >= 4 is 0 Å². The SMILES string of the molecule is CC(C)(O)[C@H]1CC[C@@]2(C)[C@@H]1CC[C@]1(C)[C@@H]2CC[C@@H]2[C@@]3(C)CCCC(C)(C)[C@H]3[C@H](O)C[C@]21C. The van der Waals surface area contributed by atoms with E-state index in [9.17, 15) is 10.2 Å². The maximum atomic E-state index is 11.8. The van der Waals surface area contributed by atoms with Crippen molar-refractivity contribution in [1.82, 2.24) is 0 Å². The van der Waals surface area contributed by atoms with Gasteiger partial charge in [0, 0.05) is 0 Å². The summed E-state index contributed by atoms with van der Waals surface area (Å²) in [6.45, 7) is 19.4. The molecule has 0 aliphatic heterocycles. The molecular formula is C30H52O2. The normalized spacial score (nSPS) is 57.2. The van der Waals surface area contributed by atoms with Crippen molar-refractivity contribution in [2.75, 3.05) is 0 Å². The van der Waals surface area contributed by atoms with Gasteiger partial charge in [0.2, 0.25) is 0 Å². The molecule has 0 aromatic heterocycles. The van der Waals surface area contributed by atoms with Gasteiger partial charge in [-0.3, -0.25) is 0 Å². The molecule has 184 valence electrons. The third kappa shape index (κ3) is 2.78. The molecule has 5 aliphatic rings. The van der Waals surface area contributed by atoms with E-state index in [1.54, 1.807) is 0 Å². The summed E-state index contributed by atoms with van der Waals surface area (Å²) in [6.07, 6.45) is 12.5. The summed E-state index contributed by atoms with van der Waals surface area (Å²) < 4.78 is 0. The van der Waals surface area contributed by atoms with E-state index >= 15 is 0 Å². The largest absolute Gasteiger partial charge is 0.393 e. The molecule has 10 atom stereocenters. The second-order valence-electron chi connectivity index (χ2n) is 15.6. The maximum absolute atomic E-state index is 11.8. The Morgan fingerprint density at radius 2 is 1.34 bits per heavy atom. The lowest BCUT2D eigenvalue weighted by atomic mass is 9.31. The lowest BCUT2D eigenvalue weighted by Crippen LogP contribution is -2.68. The van der Waals surface area contributed by atoms with Gasteiger partial charge >= 0.3 is 0 Å². The first-order chi connectivity index (χ1) is 14.6. The Morgan fingerprint density at radius 1 is 0.719 bits per heavy atom. The molecule has 0 spiro atoms. The Morgan fingerprint density at radius 3 is 1.97 bits per heavy atom. The van der Waals surface area contributed by atoms with E-state index in [1.165, 1.54) is 57.8 Å². The first kappa shape index (κ1) is 23.7. The quantitative estimate of drug-likeness (QED) is 0.448. The highest BCUT2D eigenvalue weighted by Gasteiger charge is 2.72. The molecule has 0 bridgehead atoms. The number of fused-ring (bicyclic) bond motifs is 7. The van der Waals surface area contributed by atoms with Gasteiger partial charge in [-0.25, -0.2) is 0 Å². The van der Waals surface area contributed by atoms with Gasteiger partial charge < -0.3 is 10.2 Å². The first-order valence-electron chi connectivity index (χ1n) is 14.0. The second-order valence-corrected chi connectivity index (χ2v) is 15.6. The predicted molar refractivity (Wildman–Crippen MR) is 132 cm³/mol. The molecule has 0 aromatic carbocycles. The van der Waals surface area contributed by atoms with Crippen molar-refractivity contribution < 1.29 is 10.2 Å². The molecule has 0 amide bonds. The molecule has 0 radical (unpaired) electrons. The molecular weight excluding hydrogens is 392 g/mol. The summed E-state index contributed by atoms with van der Waals surface area (Å²) in [7, 11) is 0. The molecule has 2 N–H and O–H groups in total. The second kappa shape index (κ2) is 6.77. The van der Waals surface area contributed by atoms with Crippen LogP contribution in [0.2, 0.25) is 0 Å². The highest BCUT2D eigenvalue weighted by molar-refractivity contribution is 5.20. The van der Waals surface area contributed by atoms with Crippen LogP contribution in [0.5, 0.6) is 0 Å². The summed E-state index contributed by atoms with van der Waals surface area (Å²) in [5, 5.41) is 22.8. The average molecular weight is 445 g/mol. The van der Waals surface area contributed by atoms with Gasteiger partial charge in [0.1, 0.15) is 0 Å². The van der Waals surface area contributed by atoms with E-state index in [2.05, 4.69) is 55.4 Å². The van der Waals surface area contributed by atoms with Crippen molar-refractivity contribution in [2.24, 2.45) is 56.7 Å². The number of hydrogen-bond acceptors (Lipinski definition) is 2. The van der Waals surface area contributed by atoms with E-state index in [4.69, 9.17) is 0 Å². The third-order valence-corrected chi connectivity index (χ3v) is 13.5. The van der Waals surface area contributed by atoms with Gasteiger partial charge in [-0.05, 0) is 128 Å². The van der Waals surface area contributed by atoms with Crippen LogP contribution < -0.4 is 0 Å². The Hall–Kier alpha value is -0.0800. The fraction of sp³-hybridized carbons (Fsp3) is 1.00. The van der Waals surface area contributed by atoms with E-state index in [0.29, 0.717) is 28.6 Å². The predicted octanol–water partition coefficient (Wildman–Crippen LogP) is 7.22. The number of aliphatic hydroxyl groups is 2. The maximum Gasteiger partial charge on any atom is 0.0622 e. The van der Waals surface area contributed by atoms with Crippen molar-refractivity contribution in [3.05, 3.63) is 0 Å². The van der Waals surface area contributed by atoms with Crippen LogP contribution in [0.15, 0.2) is 0 Å². The Bertz CT molecular complexity index is 765. The van der Waals surface area contributed by atoms with Crippen molar-refractivity contribution in [2.45, 2.75) is 131 Å². The fourth-order valence-electron chi connectivity index (χ4n) is 12.3. The molecule has 0 heterocycles. The molecule has 5 aliphatic carbocycles. The third-order valence-electron chi connectivity index (χ3n) is 13.5. The van der Waals surface area contributed by atoms with Crippen LogP contribution in [-0.2, 0) is 0 Å². The van der Waals surface area contributed by atoms with Crippen LogP contribution in [0, 0.1) is 56.7 Å². The lowest BCUT2D eigenvalue weighted by molar-refractivity contribution is -0.268. The van der Waals surface area contributed by atoms with E-state index < -0.39 is 5.60 Å². The van der Waals surface area contributed by atoms with E-state index in [1.807, 2.05) is 0 Å². The standard InChI is InChI=1S/C30H52O2/c1-25(2)14-9-15-28(6)23-11-10-22-27(5)16-12-19(26(3,4)32)20(27)13-17-29(22,7)30(23,8)18-21(31)24(25)28/h19-24,31-32H,9-18H2,1-8H3/t19-,20+,21+,22+,23+,24+,27-,28+,29+,30+/m0/s1. The minimum absolute atomic E-state index is 0.162.